The number of hydrogen-bond acceptors (Lipinski definition) is 4. The van der Waals surface area contributed by atoms with E-state index in [1.807, 2.05) is 24.3 Å². The fourth-order valence-corrected chi connectivity index (χ4v) is 4.35. The van der Waals surface area contributed by atoms with Crippen molar-refractivity contribution in [2.75, 3.05) is 36.5 Å². The summed E-state index contributed by atoms with van der Waals surface area (Å²) in [7, 11) is 2.10. The molecule has 172 valence electrons. The lowest BCUT2D eigenvalue weighted by Crippen LogP contribution is -2.22. The Hall–Kier alpha value is -3.11. The molecule has 0 spiro atoms. The molecule has 0 saturated carbocycles. The van der Waals surface area contributed by atoms with Crippen molar-refractivity contribution in [2.45, 2.75) is 27.0 Å². The molecule has 5 heteroatoms. The van der Waals surface area contributed by atoms with Gasteiger partial charge in [-0.1, -0.05) is 48.0 Å². The SMILES string of the molecule is CCN(C)c1ccc(C2=C(c3ccccc3Cl)OC(c3ccc(N(CC)CC)cc3)N2)cc1. The third kappa shape index (κ3) is 4.81. The molecule has 0 amide bonds. The predicted octanol–water partition coefficient (Wildman–Crippen LogP) is 6.79. The zero-order valence-electron chi connectivity index (χ0n) is 19.8. The molecule has 1 aliphatic rings. The Bertz CT molecular complexity index is 1100. The minimum atomic E-state index is -0.282. The van der Waals surface area contributed by atoms with Gasteiger partial charge in [0.05, 0.1) is 10.7 Å². The molecule has 1 unspecified atom stereocenters. The summed E-state index contributed by atoms with van der Waals surface area (Å²) in [4.78, 5) is 4.55. The van der Waals surface area contributed by atoms with Gasteiger partial charge in [-0.05, 0) is 57.2 Å². The fraction of sp³-hybridized carbons (Fsp3) is 0.286. The third-order valence-electron chi connectivity index (χ3n) is 6.25. The molecule has 1 N–H and O–H groups in total. The van der Waals surface area contributed by atoms with Gasteiger partial charge in [-0.2, -0.15) is 0 Å². The second kappa shape index (κ2) is 10.2. The van der Waals surface area contributed by atoms with E-state index >= 15 is 0 Å². The summed E-state index contributed by atoms with van der Waals surface area (Å²) < 4.78 is 6.49. The van der Waals surface area contributed by atoms with E-state index in [1.165, 1.54) is 11.4 Å². The van der Waals surface area contributed by atoms with Crippen molar-refractivity contribution in [2.24, 2.45) is 0 Å². The minimum Gasteiger partial charge on any atom is -0.464 e. The number of ether oxygens (including phenoxy) is 1. The molecule has 33 heavy (non-hydrogen) atoms. The molecule has 0 fully saturated rings. The third-order valence-corrected chi connectivity index (χ3v) is 6.58. The van der Waals surface area contributed by atoms with Crippen LogP contribution < -0.4 is 15.1 Å². The van der Waals surface area contributed by atoms with Gasteiger partial charge >= 0.3 is 0 Å². The van der Waals surface area contributed by atoms with E-state index in [4.69, 9.17) is 16.3 Å². The Kier molecular flexibility index (Phi) is 7.14. The topological polar surface area (TPSA) is 27.7 Å². The lowest BCUT2D eigenvalue weighted by Gasteiger charge is -2.22. The monoisotopic (exact) mass is 461 g/mol. The first-order valence-corrected chi connectivity index (χ1v) is 12.0. The van der Waals surface area contributed by atoms with E-state index in [9.17, 15) is 0 Å². The molecule has 0 saturated heterocycles. The van der Waals surface area contributed by atoms with Crippen LogP contribution in [0.5, 0.6) is 0 Å². The van der Waals surface area contributed by atoms with Crippen molar-refractivity contribution >= 4 is 34.4 Å². The van der Waals surface area contributed by atoms with Crippen molar-refractivity contribution in [3.05, 3.63) is 94.5 Å². The predicted molar refractivity (Wildman–Crippen MR) is 141 cm³/mol. The van der Waals surface area contributed by atoms with Crippen LogP contribution in [-0.4, -0.2) is 26.7 Å². The molecule has 0 aliphatic carbocycles. The van der Waals surface area contributed by atoms with Crippen LogP contribution in [0.2, 0.25) is 5.02 Å². The summed E-state index contributed by atoms with van der Waals surface area (Å²) in [6, 6.07) is 25.0. The van der Waals surface area contributed by atoms with Gasteiger partial charge in [0.25, 0.3) is 0 Å². The van der Waals surface area contributed by atoms with Crippen LogP contribution in [0.1, 0.15) is 43.7 Å². The number of hydrogen-bond donors (Lipinski definition) is 1. The largest absolute Gasteiger partial charge is 0.464 e. The van der Waals surface area contributed by atoms with E-state index in [0.29, 0.717) is 5.02 Å². The number of halogens is 1. The molecule has 0 aromatic heterocycles. The zero-order chi connectivity index (χ0) is 23.4. The summed E-state index contributed by atoms with van der Waals surface area (Å²) in [5, 5.41) is 4.28. The van der Waals surface area contributed by atoms with Crippen LogP contribution >= 0.6 is 11.6 Å². The number of anilines is 2. The highest BCUT2D eigenvalue weighted by Gasteiger charge is 2.29. The molecule has 3 aromatic carbocycles. The lowest BCUT2D eigenvalue weighted by molar-refractivity contribution is 0.175. The quantitative estimate of drug-likeness (QED) is 0.399. The van der Waals surface area contributed by atoms with Crippen LogP contribution in [0, 0.1) is 0 Å². The average Bonchev–Trinajstić information content (AvgIpc) is 3.30. The normalized spacial score (nSPS) is 15.2. The van der Waals surface area contributed by atoms with E-state index < -0.39 is 0 Å². The summed E-state index contributed by atoms with van der Waals surface area (Å²) in [5.41, 5.74) is 6.39. The second-order valence-electron chi connectivity index (χ2n) is 8.15. The Morgan fingerprint density at radius 3 is 2.06 bits per heavy atom. The molecule has 0 radical (unpaired) electrons. The van der Waals surface area contributed by atoms with Crippen LogP contribution in [0.4, 0.5) is 11.4 Å². The number of benzene rings is 3. The first-order chi connectivity index (χ1) is 16.0. The highest BCUT2D eigenvalue weighted by molar-refractivity contribution is 6.32. The maximum atomic E-state index is 6.57. The van der Waals surface area contributed by atoms with Gasteiger partial charge in [-0.15, -0.1) is 0 Å². The second-order valence-corrected chi connectivity index (χ2v) is 8.56. The average molecular weight is 462 g/mol. The Morgan fingerprint density at radius 2 is 1.45 bits per heavy atom. The Morgan fingerprint density at radius 1 is 0.818 bits per heavy atom. The van der Waals surface area contributed by atoms with E-state index in [2.05, 4.69) is 91.5 Å². The molecular formula is C28H32ClN3O. The van der Waals surface area contributed by atoms with Crippen LogP contribution in [-0.2, 0) is 4.74 Å². The summed E-state index contributed by atoms with van der Waals surface area (Å²) in [6.45, 7) is 9.43. The molecule has 1 aliphatic heterocycles. The van der Waals surface area contributed by atoms with Gasteiger partial charge in [0.1, 0.15) is 0 Å². The molecular weight excluding hydrogens is 430 g/mol. The van der Waals surface area contributed by atoms with Gasteiger partial charge in [0.2, 0.25) is 0 Å². The van der Waals surface area contributed by atoms with Gasteiger partial charge < -0.3 is 19.9 Å². The highest BCUT2D eigenvalue weighted by atomic mass is 35.5. The van der Waals surface area contributed by atoms with Crippen molar-refractivity contribution in [1.82, 2.24) is 5.32 Å². The molecule has 4 rings (SSSR count). The number of nitrogens with zero attached hydrogens (tertiary/aromatic N) is 2. The fourth-order valence-electron chi connectivity index (χ4n) is 4.13. The maximum absolute atomic E-state index is 6.57. The van der Waals surface area contributed by atoms with E-state index in [-0.39, 0.29) is 6.23 Å². The van der Waals surface area contributed by atoms with Gasteiger partial charge in [-0.25, -0.2) is 0 Å². The van der Waals surface area contributed by atoms with Crippen molar-refractivity contribution in [1.29, 1.82) is 0 Å². The Labute approximate surface area is 202 Å². The number of rotatable bonds is 8. The first-order valence-electron chi connectivity index (χ1n) is 11.6. The van der Waals surface area contributed by atoms with Gasteiger partial charge in [0, 0.05) is 54.7 Å². The van der Waals surface area contributed by atoms with Gasteiger partial charge in [0.15, 0.2) is 12.0 Å². The molecule has 0 bridgehead atoms. The van der Waals surface area contributed by atoms with Crippen LogP contribution in [0.3, 0.4) is 0 Å². The summed E-state index contributed by atoms with van der Waals surface area (Å²) in [5.74, 6) is 0.773. The van der Waals surface area contributed by atoms with Crippen LogP contribution in [0.25, 0.3) is 11.5 Å². The standard InChI is InChI=1S/C28H32ClN3O/c1-5-31(4)22-16-12-20(13-17-22)26-27(24-10-8-9-11-25(24)29)33-28(30-26)21-14-18-23(19-15-21)32(6-2)7-3/h8-19,28,30H,5-7H2,1-4H3. The number of nitrogens with one attached hydrogen (secondary N) is 1. The van der Waals surface area contributed by atoms with Crippen molar-refractivity contribution in [3.63, 3.8) is 0 Å². The lowest BCUT2D eigenvalue weighted by atomic mass is 10.1. The minimum absolute atomic E-state index is 0.282. The molecule has 1 atom stereocenters. The molecule has 1 heterocycles. The van der Waals surface area contributed by atoms with Crippen molar-refractivity contribution < 1.29 is 4.74 Å². The smallest absolute Gasteiger partial charge is 0.196 e. The Balaban J connectivity index is 1.67. The van der Waals surface area contributed by atoms with Crippen molar-refractivity contribution in [3.8, 4) is 0 Å². The first kappa shape index (κ1) is 23.1. The van der Waals surface area contributed by atoms with E-state index in [0.717, 1.165) is 47.8 Å². The summed E-state index contributed by atoms with van der Waals surface area (Å²) in [6.07, 6.45) is -0.282. The van der Waals surface area contributed by atoms with E-state index in [1.54, 1.807) is 0 Å². The zero-order valence-corrected chi connectivity index (χ0v) is 20.6. The summed E-state index contributed by atoms with van der Waals surface area (Å²) >= 11 is 6.57. The maximum Gasteiger partial charge on any atom is 0.196 e. The van der Waals surface area contributed by atoms with Gasteiger partial charge in [-0.3, -0.25) is 0 Å². The molecule has 4 nitrogen and oxygen atoms in total. The molecule has 3 aromatic rings. The highest BCUT2D eigenvalue weighted by Crippen LogP contribution is 2.40. The van der Waals surface area contributed by atoms with Crippen LogP contribution in [0.15, 0.2) is 72.8 Å².